The molecule has 2 heterocycles. The fraction of sp³-hybridized carbons (Fsp3) is 0.0909. The van der Waals surface area contributed by atoms with Gasteiger partial charge in [0.15, 0.2) is 5.11 Å². The van der Waals surface area contributed by atoms with Gasteiger partial charge in [-0.15, -0.1) is 0 Å². The summed E-state index contributed by atoms with van der Waals surface area (Å²) in [6, 6.07) is 13.4. The van der Waals surface area contributed by atoms with Gasteiger partial charge < -0.3 is 9.67 Å². The second kappa shape index (κ2) is 8.09. The highest BCUT2D eigenvalue weighted by Gasteiger charge is 2.34. The zero-order valence-corrected chi connectivity index (χ0v) is 18.6. The highest BCUT2D eigenvalue weighted by Crippen LogP contribution is 2.26. The van der Waals surface area contributed by atoms with Gasteiger partial charge in [0.2, 0.25) is 0 Å². The van der Waals surface area contributed by atoms with E-state index < -0.39 is 23.8 Å². The maximum atomic E-state index is 13.1. The van der Waals surface area contributed by atoms with Gasteiger partial charge in [-0.05, 0) is 73.2 Å². The van der Waals surface area contributed by atoms with Gasteiger partial charge >= 0.3 is 5.97 Å². The molecule has 31 heavy (non-hydrogen) atoms. The van der Waals surface area contributed by atoms with Crippen LogP contribution in [0, 0.1) is 0 Å². The van der Waals surface area contributed by atoms with E-state index in [2.05, 4.69) is 21.2 Å². The average Bonchev–Trinajstić information content (AvgIpc) is 3.15. The molecule has 1 fully saturated rings. The highest BCUT2D eigenvalue weighted by molar-refractivity contribution is 9.10. The Morgan fingerprint density at radius 3 is 2.55 bits per heavy atom. The van der Waals surface area contributed by atoms with Crippen LogP contribution in [0.5, 0.6) is 0 Å². The number of thiocarbonyl (C=S) groups is 1. The first kappa shape index (κ1) is 21.0. The number of nitrogens with one attached hydrogen (secondary N) is 1. The minimum atomic E-state index is -0.933. The second-order valence-electron chi connectivity index (χ2n) is 6.99. The van der Waals surface area contributed by atoms with Gasteiger partial charge in [-0.3, -0.25) is 19.8 Å². The topological polar surface area (TPSA) is 91.6 Å². The maximum absolute atomic E-state index is 13.1. The van der Waals surface area contributed by atoms with Crippen molar-refractivity contribution in [3.8, 4) is 0 Å². The van der Waals surface area contributed by atoms with Crippen molar-refractivity contribution >= 4 is 73.7 Å². The fourth-order valence-electron chi connectivity index (χ4n) is 3.38. The van der Waals surface area contributed by atoms with Crippen molar-refractivity contribution in [2.75, 3.05) is 4.90 Å². The molecule has 3 aromatic rings. The first-order valence-electron chi connectivity index (χ1n) is 9.26. The maximum Gasteiger partial charge on any atom is 0.326 e. The third-order valence-electron chi connectivity index (χ3n) is 5.02. The molecule has 1 aromatic heterocycles. The van der Waals surface area contributed by atoms with Crippen molar-refractivity contribution in [2.45, 2.75) is 13.0 Å². The SMILES string of the molecule is C[C@@H](C(=O)O)n1ccc2cc(/C=C3\C(=O)NC(=S)N(c4ccc(Br)cc4)C3=O)ccc21. The van der Waals surface area contributed by atoms with Gasteiger partial charge in [0, 0.05) is 21.6 Å². The number of hydrogen-bond acceptors (Lipinski definition) is 4. The fourth-order valence-corrected chi connectivity index (χ4v) is 3.92. The van der Waals surface area contributed by atoms with Crippen LogP contribution in [-0.2, 0) is 14.4 Å². The molecule has 1 saturated heterocycles. The van der Waals surface area contributed by atoms with Crippen molar-refractivity contribution in [1.29, 1.82) is 0 Å². The minimum absolute atomic E-state index is 0.0182. The van der Waals surface area contributed by atoms with Crippen molar-refractivity contribution in [1.82, 2.24) is 9.88 Å². The number of halogens is 1. The molecule has 7 nitrogen and oxygen atoms in total. The standard InChI is InChI=1S/C22H16BrN3O4S/c1-12(21(29)30)25-9-8-14-10-13(2-7-18(14)25)11-17-19(27)24-22(31)26(20(17)28)16-5-3-15(23)4-6-16/h2-12H,1H3,(H,29,30)(H,24,27,31)/b17-11+/t12-/m0/s1. The molecule has 156 valence electrons. The smallest absolute Gasteiger partial charge is 0.326 e. The van der Waals surface area contributed by atoms with Gasteiger partial charge in [-0.25, -0.2) is 4.79 Å². The third-order valence-corrected chi connectivity index (χ3v) is 5.83. The lowest BCUT2D eigenvalue weighted by Crippen LogP contribution is -2.54. The van der Waals surface area contributed by atoms with Crippen LogP contribution in [0.2, 0.25) is 0 Å². The van der Waals surface area contributed by atoms with Crippen LogP contribution >= 0.6 is 28.1 Å². The van der Waals surface area contributed by atoms with Crippen LogP contribution in [-0.4, -0.2) is 32.6 Å². The molecule has 0 unspecified atom stereocenters. The summed E-state index contributed by atoms with van der Waals surface area (Å²) in [6.07, 6.45) is 3.20. The number of amides is 2. The van der Waals surface area contributed by atoms with E-state index in [4.69, 9.17) is 12.2 Å². The predicted octanol–water partition coefficient (Wildman–Crippen LogP) is 3.88. The molecule has 0 bridgehead atoms. The molecular weight excluding hydrogens is 482 g/mol. The average molecular weight is 498 g/mol. The summed E-state index contributed by atoms with van der Waals surface area (Å²) in [5.41, 5.74) is 1.87. The zero-order valence-electron chi connectivity index (χ0n) is 16.2. The van der Waals surface area contributed by atoms with Crippen LogP contribution < -0.4 is 10.2 Å². The van der Waals surface area contributed by atoms with Gasteiger partial charge in [-0.1, -0.05) is 22.0 Å². The molecule has 2 N–H and O–H groups in total. The van der Waals surface area contributed by atoms with E-state index in [1.54, 1.807) is 66.2 Å². The van der Waals surface area contributed by atoms with E-state index in [0.717, 1.165) is 15.4 Å². The molecule has 1 atom stereocenters. The van der Waals surface area contributed by atoms with Gasteiger partial charge in [0.05, 0.1) is 5.69 Å². The number of benzene rings is 2. The Bertz CT molecular complexity index is 1280. The molecule has 0 saturated carbocycles. The van der Waals surface area contributed by atoms with Crippen molar-refractivity contribution in [3.63, 3.8) is 0 Å². The number of nitrogens with zero attached hydrogens (tertiary/aromatic N) is 2. The molecule has 2 amide bonds. The van der Waals surface area contributed by atoms with Crippen LogP contribution in [0.3, 0.4) is 0 Å². The number of carboxylic acids is 1. The van der Waals surface area contributed by atoms with E-state index >= 15 is 0 Å². The molecule has 1 aliphatic heterocycles. The predicted molar refractivity (Wildman–Crippen MR) is 125 cm³/mol. The number of rotatable bonds is 4. The molecule has 0 aliphatic carbocycles. The summed E-state index contributed by atoms with van der Waals surface area (Å²) < 4.78 is 2.50. The third kappa shape index (κ3) is 3.89. The monoisotopic (exact) mass is 497 g/mol. The van der Waals surface area contributed by atoms with Crippen LogP contribution in [0.1, 0.15) is 18.5 Å². The number of anilines is 1. The lowest BCUT2D eigenvalue weighted by atomic mass is 10.1. The molecule has 9 heteroatoms. The minimum Gasteiger partial charge on any atom is -0.480 e. The van der Waals surface area contributed by atoms with Crippen molar-refractivity contribution < 1.29 is 19.5 Å². The van der Waals surface area contributed by atoms with Crippen LogP contribution in [0.15, 0.2) is 64.8 Å². The summed E-state index contributed by atoms with van der Waals surface area (Å²) >= 11 is 8.56. The lowest BCUT2D eigenvalue weighted by molar-refractivity contribution is -0.140. The highest BCUT2D eigenvalue weighted by atomic mass is 79.9. The normalized spacial score (nSPS) is 16.6. The van der Waals surface area contributed by atoms with Crippen LogP contribution in [0.4, 0.5) is 5.69 Å². The van der Waals surface area contributed by atoms with E-state index in [1.165, 1.54) is 11.0 Å². The van der Waals surface area contributed by atoms with E-state index in [1.807, 2.05) is 0 Å². The second-order valence-corrected chi connectivity index (χ2v) is 8.29. The quantitative estimate of drug-likeness (QED) is 0.324. The molecule has 0 spiro atoms. The van der Waals surface area contributed by atoms with Crippen molar-refractivity contribution in [2.24, 2.45) is 0 Å². The summed E-state index contributed by atoms with van der Waals surface area (Å²) in [7, 11) is 0. The van der Waals surface area contributed by atoms with Crippen molar-refractivity contribution in [3.05, 3.63) is 70.3 Å². The molecular formula is C22H16BrN3O4S. The summed E-state index contributed by atoms with van der Waals surface area (Å²) in [5.74, 6) is -2.02. The van der Waals surface area contributed by atoms with Crippen LogP contribution in [0.25, 0.3) is 17.0 Å². The Balaban J connectivity index is 1.71. The molecule has 1 aliphatic rings. The van der Waals surface area contributed by atoms with E-state index in [-0.39, 0.29) is 10.7 Å². The number of aliphatic carboxylic acids is 1. The summed E-state index contributed by atoms with van der Waals surface area (Å²) in [5, 5.41) is 12.6. The Kier molecular flexibility index (Phi) is 5.47. The van der Waals surface area contributed by atoms with Gasteiger partial charge in [0.1, 0.15) is 11.6 Å². The number of carbonyl (C=O) groups excluding carboxylic acids is 2. The number of fused-ring (bicyclic) bond motifs is 1. The Morgan fingerprint density at radius 2 is 1.87 bits per heavy atom. The Labute approximate surface area is 191 Å². The van der Waals surface area contributed by atoms with Gasteiger partial charge in [0.25, 0.3) is 11.8 Å². The zero-order chi connectivity index (χ0) is 22.3. The first-order chi connectivity index (χ1) is 14.8. The van der Waals surface area contributed by atoms with E-state index in [0.29, 0.717) is 11.3 Å². The lowest BCUT2D eigenvalue weighted by Gasteiger charge is -2.29. The molecule has 4 rings (SSSR count). The van der Waals surface area contributed by atoms with E-state index in [9.17, 15) is 19.5 Å². The molecule has 0 radical (unpaired) electrons. The summed E-state index contributed by atoms with van der Waals surface area (Å²) in [4.78, 5) is 38.2. The first-order valence-corrected chi connectivity index (χ1v) is 10.5. The number of carbonyl (C=O) groups is 3. The number of aromatic nitrogens is 1. The summed E-state index contributed by atoms with van der Waals surface area (Å²) in [6.45, 7) is 1.60. The largest absolute Gasteiger partial charge is 0.480 e. The van der Waals surface area contributed by atoms with Gasteiger partial charge in [-0.2, -0.15) is 0 Å². The Morgan fingerprint density at radius 1 is 1.16 bits per heavy atom. The number of carboxylic acid groups (broad SMARTS) is 1. The Hall–Kier alpha value is -3.30. The number of hydrogen-bond donors (Lipinski definition) is 2. The molecule has 2 aromatic carbocycles.